The molecule has 2 unspecified atom stereocenters. The molecular formula is C20H23FN4O2. The highest BCUT2D eigenvalue weighted by atomic mass is 19.1. The summed E-state index contributed by atoms with van der Waals surface area (Å²) in [6, 6.07) is 13.4. The zero-order valence-electron chi connectivity index (χ0n) is 15.1. The van der Waals surface area contributed by atoms with E-state index in [1.807, 2.05) is 24.3 Å². The maximum Gasteiger partial charge on any atom is 0.258 e. The first-order chi connectivity index (χ1) is 13.2. The van der Waals surface area contributed by atoms with Gasteiger partial charge in [0.2, 0.25) is 0 Å². The fourth-order valence-electron chi connectivity index (χ4n) is 2.76. The molecule has 1 fully saturated rings. The SMILES string of the molecule is CCCOc1ccc(C2CC(C(=O)N/N=C/c3ccc(F)cc3)NN2)cc1. The zero-order valence-corrected chi connectivity index (χ0v) is 15.1. The molecule has 0 radical (unpaired) electrons. The van der Waals surface area contributed by atoms with Crippen molar-refractivity contribution in [1.82, 2.24) is 16.3 Å². The molecule has 2 aromatic rings. The van der Waals surface area contributed by atoms with E-state index in [1.165, 1.54) is 18.3 Å². The minimum atomic E-state index is -0.392. The van der Waals surface area contributed by atoms with E-state index in [9.17, 15) is 9.18 Å². The van der Waals surface area contributed by atoms with Crippen molar-refractivity contribution >= 4 is 12.1 Å². The molecule has 0 spiro atoms. The first-order valence-electron chi connectivity index (χ1n) is 8.98. The van der Waals surface area contributed by atoms with E-state index in [-0.39, 0.29) is 17.8 Å². The highest BCUT2D eigenvalue weighted by Crippen LogP contribution is 2.24. The van der Waals surface area contributed by atoms with Crippen molar-refractivity contribution in [3.05, 3.63) is 65.5 Å². The lowest BCUT2D eigenvalue weighted by atomic mass is 10.0. The van der Waals surface area contributed by atoms with Crippen molar-refractivity contribution in [3.63, 3.8) is 0 Å². The zero-order chi connectivity index (χ0) is 19.1. The van der Waals surface area contributed by atoms with Crippen LogP contribution in [0.2, 0.25) is 0 Å². The van der Waals surface area contributed by atoms with Gasteiger partial charge in [-0.25, -0.2) is 20.7 Å². The number of hydrogen-bond acceptors (Lipinski definition) is 5. The number of benzene rings is 2. The molecule has 1 heterocycles. The van der Waals surface area contributed by atoms with E-state index in [1.54, 1.807) is 12.1 Å². The van der Waals surface area contributed by atoms with E-state index >= 15 is 0 Å². The van der Waals surface area contributed by atoms with E-state index in [2.05, 4.69) is 28.3 Å². The van der Waals surface area contributed by atoms with Crippen LogP contribution in [0.25, 0.3) is 0 Å². The van der Waals surface area contributed by atoms with Crippen LogP contribution in [0.5, 0.6) is 5.75 Å². The van der Waals surface area contributed by atoms with Crippen molar-refractivity contribution in [2.45, 2.75) is 31.8 Å². The van der Waals surface area contributed by atoms with Gasteiger partial charge < -0.3 is 4.74 Å². The Morgan fingerprint density at radius 2 is 1.96 bits per heavy atom. The number of ether oxygens (including phenoxy) is 1. The van der Waals surface area contributed by atoms with Crippen molar-refractivity contribution in [3.8, 4) is 5.75 Å². The van der Waals surface area contributed by atoms with Crippen LogP contribution in [-0.4, -0.2) is 24.8 Å². The van der Waals surface area contributed by atoms with Crippen molar-refractivity contribution in [2.24, 2.45) is 5.10 Å². The summed E-state index contributed by atoms with van der Waals surface area (Å²) in [6.45, 7) is 2.76. The highest BCUT2D eigenvalue weighted by Gasteiger charge is 2.29. The van der Waals surface area contributed by atoms with Gasteiger partial charge in [0, 0.05) is 6.04 Å². The number of hydrazone groups is 1. The lowest BCUT2D eigenvalue weighted by Crippen LogP contribution is -2.41. The number of hydrazine groups is 1. The predicted molar refractivity (Wildman–Crippen MR) is 102 cm³/mol. The number of nitrogens with one attached hydrogen (secondary N) is 3. The van der Waals surface area contributed by atoms with Gasteiger partial charge in [-0.15, -0.1) is 0 Å². The van der Waals surface area contributed by atoms with Crippen LogP contribution >= 0.6 is 0 Å². The van der Waals surface area contributed by atoms with E-state index in [0.717, 1.165) is 17.7 Å². The van der Waals surface area contributed by atoms with Crippen molar-refractivity contribution in [1.29, 1.82) is 0 Å². The average Bonchev–Trinajstić information content (AvgIpc) is 3.18. The Bertz CT molecular complexity index is 778. The van der Waals surface area contributed by atoms with E-state index in [0.29, 0.717) is 18.6 Å². The lowest BCUT2D eigenvalue weighted by molar-refractivity contribution is -0.122. The van der Waals surface area contributed by atoms with Crippen LogP contribution < -0.4 is 21.0 Å². The summed E-state index contributed by atoms with van der Waals surface area (Å²) < 4.78 is 18.4. The van der Waals surface area contributed by atoms with E-state index < -0.39 is 6.04 Å². The van der Waals surface area contributed by atoms with Crippen LogP contribution in [0.4, 0.5) is 4.39 Å². The molecule has 27 heavy (non-hydrogen) atoms. The molecule has 1 amide bonds. The normalized spacial score (nSPS) is 19.3. The molecule has 142 valence electrons. The monoisotopic (exact) mass is 370 g/mol. The Kier molecular flexibility index (Phi) is 6.51. The summed E-state index contributed by atoms with van der Waals surface area (Å²) in [4.78, 5) is 12.2. The van der Waals surface area contributed by atoms with Gasteiger partial charge in [-0.3, -0.25) is 4.79 Å². The first kappa shape index (κ1) is 19.0. The molecule has 6 nitrogen and oxygen atoms in total. The molecule has 3 rings (SSSR count). The maximum absolute atomic E-state index is 12.9. The third-order valence-corrected chi connectivity index (χ3v) is 4.23. The van der Waals surface area contributed by atoms with Crippen LogP contribution in [0, 0.1) is 5.82 Å². The molecule has 0 aliphatic carbocycles. The predicted octanol–water partition coefficient (Wildman–Crippen LogP) is 2.67. The van der Waals surface area contributed by atoms with Crippen LogP contribution in [-0.2, 0) is 4.79 Å². The highest BCUT2D eigenvalue weighted by molar-refractivity contribution is 5.85. The Balaban J connectivity index is 1.49. The molecule has 1 saturated heterocycles. The van der Waals surface area contributed by atoms with Gasteiger partial charge in [-0.2, -0.15) is 5.10 Å². The number of carbonyl (C=O) groups excluding carboxylic acids is 1. The molecule has 0 aromatic heterocycles. The number of halogens is 1. The van der Waals surface area contributed by atoms with Gasteiger partial charge in [-0.1, -0.05) is 31.2 Å². The summed E-state index contributed by atoms with van der Waals surface area (Å²) in [5.74, 6) is 0.302. The van der Waals surface area contributed by atoms with Gasteiger partial charge in [0.1, 0.15) is 17.6 Å². The number of hydrogen-bond donors (Lipinski definition) is 3. The number of amides is 1. The quantitative estimate of drug-likeness (QED) is 0.517. The molecule has 1 aliphatic rings. The number of rotatable bonds is 7. The summed E-state index contributed by atoms with van der Waals surface area (Å²) in [6.07, 6.45) is 3.05. The lowest BCUT2D eigenvalue weighted by Gasteiger charge is -2.11. The molecular weight excluding hydrogens is 347 g/mol. The second kappa shape index (κ2) is 9.25. The summed E-state index contributed by atoms with van der Waals surface area (Å²) in [5, 5.41) is 3.92. The Hall–Kier alpha value is -2.77. The van der Waals surface area contributed by atoms with Crippen LogP contribution in [0.1, 0.15) is 36.9 Å². The Morgan fingerprint density at radius 3 is 2.67 bits per heavy atom. The molecule has 0 bridgehead atoms. The largest absolute Gasteiger partial charge is 0.494 e. The maximum atomic E-state index is 12.9. The van der Waals surface area contributed by atoms with Crippen LogP contribution in [0.15, 0.2) is 53.6 Å². The summed E-state index contributed by atoms with van der Waals surface area (Å²) >= 11 is 0. The standard InChI is InChI=1S/C20H23FN4O2/c1-2-11-27-17-9-5-15(6-10-17)18-12-19(24-23-18)20(26)25-22-13-14-3-7-16(21)8-4-14/h3-10,13,18-19,23-24H,2,11-12H2,1H3,(H,25,26)/b22-13+. The van der Waals surface area contributed by atoms with Gasteiger partial charge in [-0.05, 0) is 48.2 Å². The van der Waals surface area contributed by atoms with Gasteiger partial charge in [0.15, 0.2) is 0 Å². The van der Waals surface area contributed by atoms with Gasteiger partial charge in [0.05, 0.1) is 12.8 Å². The molecule has 1 aliphatic heterocycles. The topological polar surface area (TPSA) is 74.8 Å². The minimum Gasteiger partial charge on any atom is -0.494 e. The fourth-order valence-corrected chi connectivity index (χ4v) is 2.76. The number of carbonyl (C=O) groups is 1. The Morgan fingerprint density at radius 1 is 1.22 bits per heavy atom. The van der Waals surface area contributed by atoms with E-state index in [4.69, 9.17) is 4.74 Å². The van der Waals surface area contributed by atoms with Crippen LogP contribution in [0.3, 0.4) is 0 Å². The molecule has 7 heteroatoms. The Labute approximate surface area is 157 Å². The summed E-state index contributed by atoms with van der Waals surface area (Å²) in [7, 11) is 0. The first-order valence-corrected chi connectivity index (χ1v) is 8.98. The average molecular weight is 370 g/mol. The molecule has 2 aromatic carbocycles. The minimum absolute atomic E-state index is 0.0297. The molecule has 2 atom stereocenters. The molecule has 3 N–H and O–H groups in total. The van der Waals surface area contributed by atoms with Gasteiger partial charge >= 0.3 is 0 Å². The molecule has 0 saturated carbocycles. The summed E-state index contributed by atoms with van der Waals surface area (Å²) in [5.41, 5.74) is 10.4. The second-order valence-electron chi connectivity index (χ2n) is 6.33. The fraction of sp³-hybridized carbons (Fsp3) is 0.300. The van der Waals surface area contributed by atoms with Crippen molar-refractivity contribution < 1.29 is 13.9 Å². The van der Waals surface area contributed by atoms with Crippen molar-refractivity contribution in [2.75, 3.05) is 6.61 Å². The third-order valence-electron chi connectivity index (χ3n) is 4.23. The second-order valence-corrected chi connectivity index (χ2v) is 6.33. The smallest absolute Gasteiger partial charge is 0.258 e. The number of nitrogens with zero attached hydrogens (tertiary/aromatic N) is 1. The van der Waals surface area contributed by atoms with Gasteiger partial charge in [0.25, 0.3) is 5.91 Å². The third kappa shape index (κ3) is 5.35.